The van der Waals surface area contributed by atoms with Gasteiger partial charge in [0, 0.05) is 16.8 Å². The minimum atomic E-state index is -0.538. The van der Waals surface area contributed by atoms with Crippen LogP contribution in [0.1, 0.15) is 44.9 Å². The zero-order valence-electron chi connectivity index (χ0n) is 21.6. The van der Waals surface area contributed by atoms with Crippen LogP contribution < -0.4 is 16.8 Å². The average molecular weight is 518 g/mol. The number of esters is 2. The Labute approximate surface area is 221 Å². The molecule has 9 heteroatoms. The van der Waals surface area contributed by atoms with E-state index in [9.17, 15) is 19.5 Å². The van der Waals surface area contributed by atoms with Crippen LogP contribution in [-0.4, -0.2) is 37.2 Å². The zero-order valence-corrected chi connectivity index (χ0v) is 21.6. The van der Waals surface area contributed by atoms with Gasteiger partial charge in [0.15, 0.2) is 5.75 Å². The highest BCUT2D eigenvalue weighted by Crippen LogP contribution is 2.33. The van der Waals surface area contributed by atoms with Crippen LogP contribution in [0.15, 0.2) is 78.9 Å². The van der Waals surface area contributed by atoms with E-state index < -0.39 is 17.8 Å². The first kappa shape index (κ1) is 29.2. The fourth-order valence-electron chi connectivity index (χ4n) is 3.36. The van der Waals surface area contributed by atoms with E-state index in [2.05, 4.69) is 14.8 Å². The summed E-state index contributed by atoms with van der Waals surface area (Å²) in [5.41, 5.74) is 13.2. The Morgan fingerprint density at radius 1 is 0.763 bits per heavy atom. The Bertz CT molecular complexity index is 1420. The summed E-state index contributed by atoms with van der Waals surface area (Å²) >= 11 is 0. The molecule has 0 aromatic heterocycles. The van der Waals surface area contributed by atoms with Gasteiger partial charge in [-0.25, -0.2) is 9.59 Å². The number of anilines is 3. The third kappa shape index (κ3) is 7.01. The normalized spacial score (nSPS) is 9.68. The molecule has 0 aliphatic carbocycles. The van der Waals surface area contributed by atoms with E-state index in [-0.39, 0.29) is 28.3 Å². The number of benzene rings is 4. The van der Waals surface area contributed by atoms with Crippen LogP contribution in [0.25, 0.3) is 10.8 Å². The molecular weight excluding hydrogens is 486 g/mol. The number of rotatable bonds is 4. The smallest absolute Gasteiger partial charge is 0.339 e. The second-order valence-corrected chi connectivity index (χ2v) is 7.51. The van der Waals surface area contributed by atoms with Crippen LogP contribution in [0.4, 0.5) is 17.1 Å². The molecule has 0 bridgehead atoms. The summed E-state index contributed by atoms with van der Waals surface area (Å²) in [6.07, 6.45) is 0. The monoisotopic (exact) mass is 517 g/mol. The maximum Gasteiger partial charge on any atom is 0.339 e. The molecule has 9 nitrogen and oxygen atoms in total. The number of carbonyl (C=O) groups is 3. The van der Waals surface area contributed by atoms with Crippen molar-refractivity contribution in [3.63, 3.8) is 0 Å². The molecule has 1 amide bonds. The number of ether oxygens (including phenoxy) is 2. The molecule has 0 aliphatic heterocycles. The van der Waals surface area contributed by atoms with Gasteiger partial charge in [0.25, 0.3) is 5.91 Å². The van der Waals surface area contributed by atoms with Gasteiger partial charge in [0.05, 0.1) is 36.6 Å². The van der Waals surface area contributed by atoms with Gasteiger partial charge in [0.2, 0.25) is 0 Å². The van der Waals surface area contributed by atoms with Crippen molar-refractivity contribution in [1.82, 2.24) is 0 Å². The van der Waals surface area contributed by atoms with Crippen molar-refractivity contribution in [2.45, 2.75) is 13.8 Å². The molecule has 0 atom stereocenters. The van der Waals surface area contributed by atoms with Crippen molar-refractivity contribution >= 4 is 45.7 Å². The molecule has 4 aromatic rings. The molecule has 0 heterocycles. The largest absolute Gasteiger partial charge is 0.505 e. The molecule has 0 fully saturated rings. The number of nitrogen functional groups attached to an aromatic ring is 2. The number of nitrogens with one attached hydrogen (secondary N) is 1. The number of fused-ring (bicyclic) bond motifs is 1. The molecule has 0 saturated carbocycles. The zero-order chi connectivity index (χ0) is 28.2. The maximum absolute atomic E-state index is 12.3. The van der Waals surface area contributed by atoms with Gasteiger partial charge in [-0.05, 0) is 41.8 Å². The number of methoxy groups -OCH3 is 2. The number of phenolic OH excluding ortho intramolecular Hbond substituents is 1. The third-order valence-electron chi connectivity index (χ3n) is 5.22. The summed E-state index contributed by atoms with van der Waals surface area (Å²) in [6.45, 7) is 4.00. The van der Waals surface area contributed by atoms with E-state index in [1.165, 1.54) is 32.4 Å². The first-order valence-corrected chi connectivity index (χ1v) is 11.7. The van der Waals surface area contributed by atoms with Crippen LogP contribution in [0, 0.1) is 0 Å². The highest BCUT2D eigenvalue weighted by atomic mass is 16.5. The van der Waals surface area contributed by atoms with E-state index in [4.69, 9.17) is 11.5 Å². The average Bonchev–Trinajstić information content (AvgIpc) is 2.96. The summed E-state index contributed by atoms with van der Waals surface area (Å²) in [5, 5.41) is 14.4. The molecule has 0 unspecified atom stereocenters. The minimum Gasteiger partial charge on any atom is -0.505 e. The lowest BCUT2D eigenvalue weighted by atomic mass is 10.0. The number of aromatic hydroxyl groups is 1. The van der Waals surface area contributed by atoms with Crippen LogP contribution in [0.5, 0.6) is 5.75 Å². The van der Waals surface area contributed by atoms with Crippen molar-refractivity contribution in [2.24, 2.45) is 0 Å². The van der Waals surface area contributed by atoms with Crippen LogP contribution in [-0.2, 0) is 9.47 Å². The number of nitrogens with two attached hydrogens (primary N) is 2. The lowest BCUT2D eigenvalue weighted by Gasteiger charge is -2.11. The first-order valence-electron chi connectivity index (χ1n) is 11.7. The van der Waals surface area contributed by atoms with E-state index >= 15 is 0 Å². The van der Waals surface area contributed by atoms with Gasteiger partial charge in [0.1, 0.15) is 0 Å². The Morgan fingerprint density at radius 3 is 1.97 bits per heavy atom. The lowest BCUT2D eigenvalue weighted by molar-refractivity contribution is 0.0587. The van der Waals surface area contributed by atoms with E-state index in [0.717, 1.165) is 10.8 Å². The van der Waals surface area contributed by atoms with Crippen LogP contribution in [0.2, 0.25) is 0 Å². The molecule has 38 heavy (non-hydrogen) atoms. The van der Waals surface area contributed by atoms with Crippen molar-refractivity contribution in [3.05, 3.63) is 95.6 Å². The van der Waals surface area contributed by atoms with Crippen LogP contribution in [0.3, 0.4) is 0 Å². The predicted octanol–water partition coefficient (Wildman–Crippen LogP) is 5.25. The Balaban J connectivity index is 0.000000264. The van der Waals surface area contributed by atoms with Crippen molar-refractivity contribution in [1.29, 1.82) is 0 Å². The molecule has 4 aromatic carbocycles. The molecule has 0 radical (unpaired) electrons. The topological polar surface area (TPSA) is 154 Å². The lowest BCUT2D eigenvalue weighted by Crippen LogP contribution is -2.12. The minimum absolute atomic E-state index is 0.162. The molecular formula is C29H31N3O6. The first-order chi connectivity index (χ1) is 18.3. The van der Waals surface area contributed by atoms with E-state index in [1.807, 2.05) is 56.3 Å². The molecule has 0 aliphatic rings. The third-order valence-corrected chi connectivity index (χ3v) is 5.22. The van der Waals surface area contributed by atoms with Crippen molar-refractivity contribution in [2.75, 3.05) is 31.0 Å². The summed E-state index contributed by atoms with van der Waals surface area (Å²) < 4.78 is 9.02. The summed E-state index contributed by atoms with van der Waals surface area (Å²) in [5.74, 6) is -1.62. The number of carbonyl (C=O) groups excluding carboxylic acids is 3. The number of hydrogen-bond donors (Lipinski definition) is 4. The molecule has 0 saturated heterocycles. The maximum atomic E-state index is 12.3. The highest BCUT2D eigenvalue weighted by molar-refractivity contribution is 6.11. The van der Waals surface area contributed by atoms with Crippen molar-refractivity contribution in [3.8, 4) is 5.75 Å². The number of amides is 1. The second kappa shape index (κ2) is 13.9. The molecule has 198 valence electrons. The van der Waals surface area contributed by atoms with Gasteiger partial charge in [-0.1, -0.05) is 56.3 Å². The fourth-order valence-corrected chi connectivity index (χ4v) is 3.36. The SMILES string of the molecule is CC.COC(=O)c1ccc(C(=O)OC)c(N)c1.Nc1c(O)c(C(=O)Nc2ccccc2)cc2ccccc12. The number of phenols is 1. The van der Waals surface area contributed by atoms with E-state index in [1.54, 1.807) is 18.2 Å². The van der Waals surface area contributed by atoms with Gasteiger partial charge < -0.3 is 31.4 Å². The number of hydrogen-bond acceptors (Lipinski definition) is 8. The second-order valence-electron chi connectivity index (χ2n) is 7.51. The van der Waals surface area contributed by atoms with Gasteiger partial charge in [-0.2, -0.15) is 0 Å². The van der Waals surface area contributed by atoms with Crippen LogP contribution >= 0.6 is 0 Å². The Hall–Kier alpha value is -5.05. The Morgan fingerprint density at radius 2 is 1.37 bits per heavy atom. The van der Waals surface area contributed by atoms with E-state index in [0.29, 0.717) is 11.3 Å². The van der Waals surface area contributed by atoms with Gasteiger partial charge in [-0.15, -0.1) is 0 Å². The Kier molecular flexibility index (Phi) is 10.7. The molecule has 6 N–H and O–H groups in total. The quantitative estimate of drug-likeness (QED) is 0.163. The van der Waals surface area contributed by atoms with Gasteiger partial charge >= 0.3 is 11.9 Å². The molecule has 0 spiro atoms. The summed E-state index contributed by atoms with van der Waals surface area (Å²) in [7, 11) is 2.53. The number of para-hydroxylation sites is 1. The fraction of sp³-hybridized carbons (Fsp3) is 0.138. The summed E-state index contributed by atoms with van der Waals surface area (Å²) in [4.78, 5) is 34.6. The highest BCUT2D eigenvalue weighted by Gasteiger charge is 2.16. The standard InChI is InChI=1S/C17H14N2O2.C10H11NO4.C2H6/c18-15-13-9-5-4-6-11(13)10-14(16(15)20)17(21)19-12-7-2-1-3-8-12;1-14-9(12)6-3-4-7(8(11)5-6)10(13)15-2;1-2/h1-10,20H,18H2,(H,19,21);3-5H,11H2,1-2H3;1-2H3. The van der Waals surface area contributed by atoms with Crippen molar-refractivity contribution < 1.29 is 29.0 Å². The summed E-state index contributed by atoms with van der Waals surface area (Å²) in [6, 6.07) is 22.3. The molecule has 4 rings (SSSR count). The van der Waals surface area contributed by atoms with Gasteiger partial charge in [-0.3, -0.25) is 4.79 Å². The predicted molar refractivity (Wildman–Crippen MR) is 149 cm³/mol.